The van der Waals surface area contributed by atoms with E-state index in [1.54, 1.807) is 23.6 Å². The zero-order valence-corrected chi connectivity index (χ0v) is 10.6. The lowest BCUT2D eigenvalue weighted by atomic mass is 10.2. The molecule has 0 unspecified atom stereocenters. The van der Waals surface area contributed by atoms with E-state index in [0.717, 1.165) is 11.3 Å². The maximum atomic E-state index is 13.6. The van der Waals surface area contributed by atoms with Gasteiger partial charge in [0.1, 0.15) is 17.7 Å². The van der Waals surface area contributed by atoms with Crippen molar-refractivity contribution in [2.45, 2.75) is 20.8 Å². The largest absolute Gasteiger partial charge is 0.384 e. The molecule has 0 spiro atoms. The summed E-state index contributed by atoms with van der Waals surface area (Å²) in [5.74, 6) is 0.0758. The lowest BCUT2D eigenvalue weighted by molar-refractivity contribution is 0.617. The molecule has 0 atom stereocenters. The normalized spacial score (nSPS) is 10.4. The van der Waals surface area contributed by atoms with Crippen molar-refractivity contribution >= 4 is 5.82 Å². The van der Waals surface area contributed by atoms with Gasteiger partial charge in [0.15, 0.2) is 0 Å². The lowest BCUT2D eigenvalue weighted by Crippen LogP contribution is -2.03. The zero-order chi connectivity index (χ0) is 13.4. The molecule has 0 amide bonds. The van der Waals surface area contributed by atoms with E-state index in [1.165, 1.54) is 6.07 Å². The van der Waals surface area contributed by atoms with Gasteiger partial charge in [0.2, 0.25) is 0 Å². The highest BCUT2D eigenvalue weighted by Gasteiger charge is 2.16. The molecule has 0 bridgehead atoms. The van der Waals surface area contributed by atoms with Crippen LogP contribution in [0.1, 0.15) is 22.4 Å². The van der Waals surface area contributed by atoms with Gasteiger partial charge < -0.3 is 5.73 Å². The Kier molecular flexibility index (Phi) is 2.84. The van der Waals surface area contributed by atoms with Gasteiger partial charge in [-0.25, -0.2) is 4.39 Å². The van der Waals surface area contributed by atoms with E-state index < -0.39 is 0 Å². The fraction of sp³-hybridized carbons (Fsp3) is 0.214. The molecular weight excluding hydrogens is 229 g/mol. The fourth-order valence-electron chi connectivity index (χ4n) is 2.03. The summed E-state index contributed by atoms with van der Waals surface area (Å²) in [5, 5.41) is 9.07. The Hall–Kier alpha value is -2.28. The number of aryl methyl sites for hydroxylation is 1. The van der Waals surface area contributed by atoms with Crippen LogP contribution in [-0.2, 0) is 0 Å². The highest BCUT2D eigenvalue weighted by atomic mass is 19.1. The minimum absolute atomic E-state index is 0.281. The Morgan fingerprint density at radius 2 is 1.94 bits per heavy atom. The molecule has 0 aliphatic carbocycles. The molecule has 0 aliphatic rings. The number of nitrogens with zero attached hydrogens (tertiary/aromatic N) is 2. The summed E-state index contributed by atoms with van der Waals surface area (Å²) in [7, 11) is 0. The maximum absolute atomic E-state index is 13.6. The minimum Gasteiger partial charge on any atom is -0.384 e. The van der Waals surface area contributed by atoms with Crippen LogP contribution in [0.5, 0.6) is 0 Å². The Bertz CT molecular complexity index is 663. The third kappa shape index (κ3) is 1.65. The molecule has 92 valence electrons. The molecule has 1 aromatic heterocycles. The predicted octanol–water partition coefficient (Wildman–Crippen LogP) is 3.00. The first-order valence-electron chi connectivity index (χ1n) is 5.61. The van der Waals surface area contributed by atoms with Crippen LogP contribution in [0.15, 0.2) is 18.2 Å². The number of halogens is 1. The number of hydrogen-bond donors (Lipinski definition) is 1. The Balaban J connectivity index is 2.72. The van der Waals surface area contributed by atoms with Crippen molar-refractivity contribution in [3.05, 3.63) is 46.4 Å². The number of nitrogen functional groups attached to an aromatic ring is 1. The predicted molar refractivity (Wildman–Crippen MR) is 69.1 cm³/mol. The number of rotatable bonds is 1. The number of nitrogens with two attached hydrogens (primary N) is 1. The molecular formula is C14H14FN3. The Morgan fingerprint density at radius 3 is 2.44 bits per heavy atom. The number of hydrogen-bond acceptors (Lipinski definition) is 2. The van der Waals surface area contributed by atoms with Crippen molar-refractivity contribution in [2.24, 2.45) is 0 Å². The minimum atomic E-state index is -0.281. The molecule has 3 nitrogen and oxygen atoms in total. The third-order valence-electron chi connectivity index (χ3n) is 3.28. The molecule has 2 aromatic rings. The van der Waals surface area contributed by atoms with Gasteiger partial charge in [-0.3, -0.25) is 4.57 Å². The lowest BCUT2D eigenvalue weighted by Gasteiger charge is -2.10. The summed E-state index contributed by atoms with van der Waals surface area (Å²) < 4.78 is 15.3. The van der Waals surface area contributed by atoms with Crippen LogP contribution in [0.3, 0.4) is 0 Å². The topological polar surface area (TPSA) is 54.7 Å². The van der Waals surface area contributed by atoms with E-state index in [1.807, 2.05) is 13.8 Å². The second-order valence-electron chi connectivity index (χ2n) is 4.35. The van der Waals surface area contributed by atoms with Gasteiger partial charge in [-0.05, 0) is 44.0 Å². The van der Waals surface area contributed by atoms with E-state index in [9.17, 15) is 4.39 Å². The number of anilines is 1. The Labute approximate surface area is 105 Å². The van der Waals surface area contributed by atoms with Gasteiger partial charge in [-0.1, -0.05) is 6.07 Å². The van der Waals surface area contributed by atoms with Crippen molar-refractivity contribution in [1.29, 1.82) is 5.26 Å². The molecule has 1 heterocycles. The maximum Gasteiger partial charge on any atom is 0.128 e. The van der Waals surface area contributed by atoms with Crippen molar-refractivity contribution in [2.75, 3.05) is 5.73 Å². The first-order chi connectivity index (χ1) is 8.47. The van der Waals surface area contributed by atoms with Crippen LogP contribution in [0.25, 0.3) is 5.69 Å². The summed E-state index contributed by atoms with van der Waals surface area (Å²) in [4.78, 5) is 0. The number of nitriles is 1. The average Bonchev–Trinajstić information content (AvgIpc) is 2.54. The van der Waals surface area contributed by atoms with Crippen LogP contribution in [-0.4, -0.2) is 4.57 Å². The second kappa shape index (κ2) is 4.19. The quantitative estimate of drug-likeness (QED) is 0.837. The smallest absolute Gasteiger partial charge is 0.128 e. The molecule has 0 saturated heterocycles. The van der Waals surface area contributed by atoms with Crippen LogP contribution in [0.2, 0.25) is 0 Å². The second-order valence-corrected chi connectivity index (χ2v) is 4.35. The molecule has 2 rings (SSSR count). The van der Waals surface area contributed by atoms with Crippen molar-refractivity contribution in [3.63, 3.8) is 0 Å². The highest BCUT2D eigenvalue weighted by molar-refractivity contribution is 5.62. The first-order valence-corrected chi connectivity index (χ1v) is 5.61. The average molecular weight is 243 g/mol. The third-order valence-corrected chi connectivity index (χ3v) is 3.28. The van der Waals surface area contributed by atoms with Gasteiger partial charge in [0, 0.05) is 5.69 Å². The van der Waals surface area contributed by atoms with E-state index in [4.69, 9.17) is 11.0 Å². The van der Waals surface area contributed by atoms with Crippen molar-refractivity contribution in [1.82, 2.24) is 4.57 Å². The zero-order valence-electron chi connectivity index (χ0n) is 10.6. The van der Waals surface area contributed by atoms with Gasteiger partial charge in [0.25, 0.3) is 0 Å². The monoisotopic (exact) mass is 243 g/mol. The molecule has 1 aromatic carbocycles. The van der Waals surface area contributed by atoms with Crippen LogP contribution in [0.4, 0.5) is 10.2 Å². The van der Waals surface area contributed by atoms with E-state index in [2.05, 4.69) is 6.07 Å². The SMILES string of the molecule is Cc1ccc(-n2c(C)c(C)c(C#N)c2N)cc1F. The highest BCUT2D eigenvalue weighted by Crippen LogP contribution is 2.28. The standard InChI is InChI=1S/C14H14FN3/c1-8-4-5-11(6-13(8)15)18-10(3)9(2)12(7-16)14(18)17/h4-6H,17H2,1-3H3. The molecule has 4 heteroatoms. The number of benzene rings is 1. The summed E-state index contributed by atoms with van der Waals surface area (Å²) in [6.45, 7) is 5.41. The van der Waals surface area contributed by atoms with E-state index in [0.29, 0.717) is 22.6 Å². The summed E-state index contributed by atoms with van der Waals surface area (Å²) in [6.07, 6.45) is 0. The summed E-state index contributed by atoms with van der Waals surface area (Å²) in [6, 6.07) is 7.00. The molecule has 0 radical (unpaired) electrons. The fourth-order valence-corrected chi connectivity index (χ4v) is 2.03. The first kappa shape index (κ1) is 12.2. The van der Waals surface area contributed by atoms with Crippen LogP contribution < -0.4 is 5.73 Å². The van der Waals surface area contributed by atoms with E-state index in [-0.39, 0.29) is 5.82 Å². The van der Waals surface area contributed by atoms with Crippen LogP contribution in [0, 0.1) is 37.9 Å². The van der Waals surface area contributed by atoms with Gasteiger partial charge >= 0.3 is 0 Å². The summed E-state index contributed by atoms with van der Waals surface area (Å²) in [5.41, 5.74) is 9.31. The Morgan fingerprint density at radius 1 is 1.28 bits per heavy atom. The van der Waals surface area contributed by atoms with Crippen LogP contribution >= 0.6 is 0 Å². The molecule has 18 heavy (non-hydrogen) atoms. The van der Waals surface area contributed by atoms with E-state index >= 15 is 0 Å². The molecule has 0 fully saturated rings. The van der Waals surface area contributed by atoms with Crippen molar-refractivity contribution in [3.8, 4) is 11.8 Å². The molecule has 0 saturated carbocycles. The summed E-state index contributed by atoms with van der Waals surface area (Å²) >= 11 is 0. The van der Waals surface area contributed by atoms with Gasteiger partial charge in [-0.2, -0.15) is 5.26 Å². The van der Waals surface area contributed by atoms with Gasteiger partial charge in [-0.15, -0.1) is 0 Å². The molecule has 2 N–H and O–H groups in total. The number of aromatic nitrogens is 1. The van der Waals surface area contributed by atoms with Gasteiger partial charge in [0.05, 0.1) is 11.3 Å². The molecule has 0 aliphatic heterocycles. The van der Waals surface area contributed by atoms with Crippen molar-refractivity contribution < 1.29 is 4.39 Å².